The summed E-state index contributed by atoms with van der Waals surface area (Å²) < 4.78 is 4.77. The summed E-state index contributed by atoms with van der Waals surface area (Å²) >= 11 is 0. The van der Waals surface area contributed by atoms with Crippen LogP contribution in [0.4, 0.5) is 0 Å². The van der Waals surface area contributed by atoms with Crippen LogP contribution in [-0.4, -0.2) is 60.6 Å². The zero-order chi connectivity index (χ0) is 13.7. The Morgan fingerprint density at radius 3 is 2.63 bits per heavy atom. The molecule has 5 heteroatoms. The van der Waals surface area contributed by atoms with E-state index >= 15 is 0 Å². The summed E-state index contributed by atoms with van der Waals surface area (Å²) in [5.41, 5.74) is 1.38. The third-order valence-corrected chi connectivity index (χ3v) is 3.58. The van der Waals surface area contributed by atoms with Gasteiger partial charge in [0.1, 0.15) is 0 Å². The van der Waals surface area contributed by atoms with Crippen molar-refractivity contribution in [3.8, 4) is 0 Å². The number of nitrogens with zero attached hydrogens (tertiary/aromatic N) is 3. The number of hydrogen-bond acceptors (Lipinski definition) is 5. The van der Waals surface area contributed by atoms with Crippen molar-refractivity contribution in [1.29, 1.82) is 0 Å². The molecule has 2 rings (SSSR count). The average Bonchev–Trinajstić information content (AvgIpc) is 2.48. The lowest BCUT2D eigenvalue weighted by Crippen LogP contribution is -2.45. The van der Waals surface area contributed by atoms with Crippen LogP contribution in [0, 0.1) is 0 Å². The Morgan fingerprint density at radius 1 is 1.32 bits per heavy atom. The van der Waals surface area contributed by atoms with E-state index in [9.17, 15) is 4.79 Å². The quantitative estimate of drug-likeness (QED) is 0.759. The van der Waals surface area contributed by atoms with Gasteiger partial charge in [-0.15, -0.1) is 0 Å². The van der Waals surface area contributed by atoms with Crippen LogP contribution < -0.4 is 0 Å². The van der Waals surface area contributed by atoms with Crippen molar-refractivity contribution in [3.63, 3.8) is 0 Å². The Balaban J connectivity index is 2.01. The van der Waals surface area contributed by atoms with E-state index in [1.807, 2.05) is 12.1 Å². The number of carbonyl (C=O) groups excluding carboxylic acids is 1. The molecule has 1 saturated heterocycles. The first-order chi connectivity index (χ1) is 9.24. The maximum atomic E-state index is 11.7. The second-order valence-electron chi connectivity index (χ2n) is 4.71. The minimum atomic E-state index is -0.359. The van der Waals surface area contributed by atoms with Gasteiger partial charge in [-0.3, -0.25) is 4.90 Å². The molecule has 0 aliphatic carbocycles. The number of pyridine rings is 1. The molecular weight excluding hydrogens is 242 g/mol. The molecular formula is C14H21N3O2. The number of ether oxygens (including phenoxy) is 1. The molecule has 1 fully saturated rings. The van der Waals surface area contributed by atoms with Gasteiger partial charge < -0.3 is 9.64 Å². The lowest BCUT2D eigenvalue weighted by atomic mass is 10.1. The van der Waals surface area contributed by atoms with Gasteiger partial charge in [0, 0.05) is 38.9 Å². The monoisotopic (exact) mass is 263 g/mol. The van der Waals surface area contributed by atoms with Gasteiger partial charge in [-0.2, -0.15) is 0 Å². The fourth-order valence-electron chi connectivity index (χ4n) is 2.35. The smallest absolute Gasteiger partial charge is 0.356 e. The fourth-order valence-corrected chi connectivity index (χ4v) is 2.35. The number of esters is 1. The first-order valence-electron chi connectivity index (χ1n) is 6.71. The van der Waals surface area contributed by atoms with E-state index in [2.05, 4.69) is 21.7 Å². The van der Waals surface area contributed by atoms with E-state index in [1.165, 1.54) is 7.11 Å². The molecule has 0 bridgehead atoms. The third-order valence-electron chi connectivity index (χ3n) is 3.58. The molecule has 19 heavy (non-hydrogen) atoms. The van der Waals surface area contributed by atoms with Crippen LogP contribution in [0.15, 0.2) is 18.3 Å². The molecule has 0 spiro atoms. The van der Waals surface area contributed by atoms with Crippen LogP contribution in [0.25, 0.3) is 0 Å². The van der Waals surface area contributed by atoms with E-state index in [0.29, 0.717) is 5.69 Å². The van der Waals surface area contributed by atoms with Crippen LogP contribution >= 0.6 is 0 Å². The summed E-state index contributed by atoms with van der Waals surface area (Å²) in [6.45, 7) is 8.29. The summed E-state index contributed by atoms with van der Waals surface area (Å²) in [6, 6.07) is 3.81. The molecule has 1 aliphatic rings. The minimum Gasteiger partial charge on any atom is -0.464 e. The number of carbonyl (C=O) groups is 1. The van der Waals surface area contributed by atoms with Crippen LogP contribution in [0.5, 0.6) is 0 Å². The maximum absolute atomic E-state index is 11.7. The van der Waals surface area contributed by atoms with Crippen molar-refractivity contribution in [2.45, 2.75) is 13.5 Å². The van der Waals surface area contributed by atoms with Crippen LogP contribution in [0.3, 0.4) is 0 Å². The molecule has 1 aliphatic heterocycles. The SMILES string of the molecule is CCN1CCN(Cc2cccnc2C(=O)OC)CC1. The van der Waals surface area contributed by atoms with E-state index in [-0.39, 0.29) is 5.97 Å². The van der Waals surface area contributed by atoms with Gasteiger partial charge in [0.25, 0.3) is 0 Å². The number of likely N-dealkylation sites (N-methyl/N-ethyl adjacent to an activating group) is 1. The maximum Gasteiger partial charge on any atom is 0.356 e. The van der Waals surface area contributed by atoms with Gasteiger partial charge >= 0.3 is 5.97 Å². The van der Waals surface area contributed by atoms with Crippen LogP contribution in [0.2, 0.25) is 0 Å². The summed E-state index contributed by atoms with van der Waals surface area (Å²) in [6.07, 6.45) is 1.63. The normalized spacial score (nSPS) is 17.4. The zero-order valence-electron chi connectivity index (χ0n) is 11.6. The van der Waals surface area contributed by atoms with E-state index < -0.39 is 0 Å². The van der Waals surface area contributed by atoms with Crippen molar-refractivity contribution >= 4 is 5.97 Å². The summed E-state index contributed by atoms with van der Waals surface area (Å²) in [5.74, 6) is -0.359. The minimum absolute atomic E-state index is 0.359. The number of aromatic nitrogens is 1. The Bertz CT molecular complexity index is 428. The highest BCUT2D eigenvalue weighted by Gasteiger charge is 2.19. The fraction of sp³-hybridized carbons (Fsp3) is 0.571. The molecule has 0 saturated carbocycles. The molecule has 1 aromatic rings. The predicted molar refractivity (Wildman–Crippen MR) is 73.0 cm³/mol. The standard InChI is InChI=1S/C14H21N3O2/c1-3-16-7-9-17(10-8-16)11-12-5-4-6-15-13(12)14(18)19-2/h4-6H,3,7-11H2,1-2H3. The Morgan fingerprint density at radius 2 is 2.00 bits per heavy atom. The van der Waals surface area contributed by atoms with Gasteiger partial charge in [-0.25, -0.2) is 9.78 Å². The molecule has 0 unspecified atom stereocenters. The summed E-state index contributed by atoms with van der Waals surface area (Å²) in [4.78, 5) is 20.6. The molecule has 0 N–H and O–H groups in total. The van der Waals surface area contributed by atoms with Gasteiger partial charge in [0.05, 0.1) is 7.11 Å². The molecule has 0 atom stereocenters. The van der Waals surface area contributed by atoms with Gasteiger partial charge in [0.2, 0.25) is 0 Å². The number of piperazine rings is 1. The lowest BCUT2D eigenvalue weighted by molar-refractivity contribution is 0.0590. The van der Waals surface area contributed by atoms with Crippen LogP contribution in [-0.2, 0) is 11.3 Å². The second kappa shape index (κ2) is 6.63. The zero-order valence-corrected chi connectivity index (χ0v) is 11.6. The van der Waals surface area contributed by atoms with Crippen molar-refractivity contribution in [1.82, 2.24) is 14.8 Å². The highest BCUT2D eigenvalue weighted by Crippen LogP contribution is 2.12. The van der Waals surface area contributed by atoms with E-state index in [1.54, 1.807) is 6.20 Å². The number of methoxy groups -OCH3 is 1. The van der Waals surface area contributed by atoms with E-state index in [0.717, 1.165) is 44.8 Å². The first-order valence-corrected chi connectivity index (χ1v) is 6.71. The second-order valence-corrected chi connectivity index (χ2v) is 4.71. The van der Waals surface area contributed by atoms with Crippen molar-refractivity contribution in [2.24, 2.45) is 0 Å². The third kappa shape index (κ3) is 3.52. The number of hydrogen-bond donors (Lipinski definition) is 0. The van der Waals surface area contributed by atoms with Gasteiger partial charge in [-0.05, 0) is 18.2 Å². The topological polar surface area (TPSA) is 45.7 Å². The number of rotatable bonds is 4. The summed E-state index contributed by atoms with van der Waals surface area (Å²) in [7, 11) is 1.39. The van der Waals surface area contributed by atoms with Gasteiger partial charge in [0.15, 0.2) is 5.69 Å². The average molecular weight is 263 g/mol. The van der Waals surface area contributed by atoms with Crippen LogP contribution in [0.1, 0.15) is 23.0 Å². The van der Waals surface area contributed by atoms with Crippen molar-refractivity contribution < 1.29 is 9.53 Å². The predicted octanol–water partition coefficient (Wildman–Crippen LogP) is 1.01. The van der Waals surface area contributed by atoms with Crippen molar-refractivity contribution in [2.75, 3.05) is 39.8 Å². The summed E-state index contributed by atoms with van der Waals surface area (Å²) in [5, 5.41) is 0. The lowest BCUT2D eigenvalue weighted by Gasteiger charge is -2.34. The first kappa shape index (κ1) is 14.0. The highest BCUT2D eigenvalue weighted by atomic mass is 16.5. The molecule has 2 heterocycles. The highest BCUT2D eigenvalue weighted by molar-refractivity contribution is 5.88. The Labute approximate surface area is 114 Å². The van der Waals surface area contributed by atoms with Gasteiger partial charge in [-0.1, -0.05) is 13.0 Å². The molecule has 0 amide bonds. The molecule has 0 radical (unpaired) electrons. The van der Waals surface area contributed by atoms with Crippen molar-refractivity contribution in [3.05, 3.63) is 29.6 Å². The molecule has 1 aromatic heterocycles. The molecule has 0 aromatic carbocycles. The largest absolute Gasteiger partial charge is 0.464 e. The molecule has 104 valence electrons. The Kier molecular flexibility index (Phi) is 4.87. The molecule has 5 nitrogen and oxygen atoms in total. The Hall–Kier alpha value is -1.46. The van der Waals surface area contributed by atoms with E-state index in [4.69, 9.17) is 4.74 Å².